The lowest BCUT2D eigenvalue weighted by Crippen LogP contribution is -2.17. The van der Waals surface area contributed by atoms with Crippen LogP contribution in [-0.4, -0.2) is 54.2 Å². The lowest BCUT2D eigenvalue weighted by molar-refractivity contribution is -0.115. The Morgan fingerprint density at radius 3 is 2.45 bits per heavy atom. The number of sulfone groups is 1. The van der Waals surface area contributed by atoms with Crippen LogP contribution in [-0.2, 0) is 28.1 Å². The minimum atomic E-state index is -3.37. The summed E-state index contributed by atoms with van der Waals surface area (Å²) in [6.07, 6.45) is 2.92. The lowest BCUT2D eigenvalue weighted by Gasteiger charge is -2.22. The van der Waals surface area contributed by atoms with Crippen molar-refractivity contribution in [3.63, 3.8) is 0 Å². The Balaban J connectivity index is 1.41. The molecule has 3 aromatic carbocycles. The van der Waals surface area contributed by atoms with Gasteiger partial charge in [-0.1, -0.05) is 41.4 Å². The van der Waals surface area contributed by atoms with Gasteiger partial charge in [0.05, 0.1) is 32.6 Å². The number of nitrogens with one attached hydrogen (secondary N) is 1. The molecule has 42 heavy (non-hydrogen) atoms. The van der Waals surface area contributed by atoms with E-state index < -0.39 is 9.84 Å². The third-order valence-corrected chi connectivity index (χ3v) is 8.61. The van der Waals surface area contributed by atoms with E-state index >= 15 is 0 Å². The van der Waals surface area contributed by atoms with Crippen LogP contribution in [0.1, 0.15) is 5.56 Å². The number of anilines is 5. The van der Waals surface area contributed by atoms with E-state index in [0.29, 0.717) is 39.0 Å². The first kappa shape index (κ1) is 29.3. The Hall–Kier alpha value is -4.19. The molecule has 0 aliphatic rings. The smallest absolute Gasteiger partial charge is 0.231 e. The van der Waals surface area contributed by atoms with Gasteiger partial charge in [0.1, 0.15) is 11.3 Å². The van der Waals surface area contributed by atoms with E-state index in [1.807, 2.05) is 41.8 Å². The van der Waals surface area contributed by atoms with Crippen molar-refractivity contribution in [1.29, 1.82) is 0 Å². The number of aromatic nitrogens is 4. The maximum Gasteiger partial charge on any atom is 0.231 e. The average Bonchev–Trinajstić information content (AvgIpc) is 3.28. The fourth-order valence-corrected chi connectivity index (χ4v) is 5.42. The van der Waals surface area contributed by atoms with Gasteiger partial charge in [-0.2, -0.15) is 4.98 Å². The predicted molar refractivity (Wildman–Crippen MR) is 167 cm³/mol. The molecular weight excluding hydrogens is 597 g/mol. The van der Waals surface area contributed by atoms with E-state index in [-0.39, 0.29) is 17.2 Å². The molecular formula is C29H27Cl2N7O3S. The van der Waals surface area contributed by atoms with Crippen molar-refractivity contribution in [2.24, 2.45) is 7.05 Å². The summed E-state index contributed by atoms with van der Waals surface area (Å²) in [4.78, 5) is 30.5. The third kappa shape index (κ3) is 6.03. The van der Waals surface area contributed by atoms with Crippen molar-refractivity contribution in [1.82, 2.24) is 19.5 Å². The number of nitrogens with zero attached hydrogens (tertiary/aromatic N) is 6. The highest BCUT2D eigenvalue weighted by molar-refractivity contribution is 7.90. The van der Waals surface area contributed by atoms with Crippen molar-refractivity contribution < 1.29 is 13.2 Å². The number of hydrogen-bond donors (Lipinski definition) is 1. The summed E-state index contributed by atoms with van der Waals surface area (Å²) in [7, 11) is 2.09. The van der Waals surface area contributed by atoms with Gasteiger partial charge in [0.25, 0.3) is 0 Å². The molecule has 0 saturated heterocycles. The van der Waals surface area contributed by atoms with Crippen LogP contribution in [0.25, 0.3) is 11.0 Å². The van der Waals surface area contributed by atoms with Gasteiger partial charge in [-0.3, -0.25) is 10.1 Å². The summed E-state index contributed by atoms with van der Waals surface area (Å²) in [5, 5.41) is 3.70. The molecule has 0 radical (unpaired) electrons. The van der Waals surface area contributed by atoms with Crippen LogP contribution in [0.15, 0.2) is 77.8 Å². The molecule has 216 valence electrons. The summed E-state index contributed by atoms with van der Waals surface area (Å²) in [5.41, 5.74) is 3.61. The summed E-state index contributed by atoms with van der Waals surface area (Å²) in [5.74, 6) is 1.12. The molecule has 2 heterocycles. The van der Waals surface area contributed by atoms with Crippen molar-refractivity contribution in [3.8, 4) is 0 Å². The van der Waals surface area contributed by atoms with E-state index in [4.69, 9.17) is 33.2 Å². The summed E-state index contributed by atoms with van der Waals surface area (Å²) < 4.78 is 25.9. The van der Waals surface area contributed by atoms with Gasteiger partial charge in [0, 0.05) is 39.3 Å². The number of aryl methyl sites for hydroxylation is 1. The predicted octanol–water partition coefficient (Wildman–Crippen LogP) is 5.79. The molecule has 0 fully saturated rings. The topological polar surface area (TPSA) is 113 Å². The maximum absolute atomic E-state index is 12.8. The second kappa shape index (κ2) is 11.6. The average molecular weight is 625 g/mol. The van der Waals surface area contributed by atoms with E-state index in [2.05, 4.69) is 10.3 Å². The molecule has 0 unspecified atom stereocenters. The zero-order valence-corrected chi connectivity index (χ0v) is 25.5. The Morgan fingerprint density at radius 1 is 0.952 bits per heavy atom. The monoisotopic (exact) mass is 623 g/mol. The first-order chi connectivity index (χ1) is 19.9. The number of benzene rings is 3. The number of imidazole rings is 1. The number of carbonyl (C=O) groups excluding carboxylic acids is 1. The first-order valence-corrected chi connectivity index (χ1v) is 15.4. The normalized spacial score (nSPS) is 11.5. The molecule has 0 atom stereocenters. The number of halogens is 2. The second-order valence-corrected chi connectivity index (χ2v) is 12.5. The standard InChI is InChI=1S/C29H27Cl2N7O3S/c1-36(19-7-5-8-20(17-19)42(4,40)41)28-32-14-13-25(33-28)37(2)23-9-6-10-24-27(23)35-29(38(24)3)34-26(39)16-18-11-12-21(30)22(31)15-18/h5-15,17H,16H2,1-4H3,(H,34,35,39). The second-order valence-electron chi connectivity index (χ2n) is 9.72. The number of carbonyl (C=O) groups is 1. The minimum Gasteiger partial charge on any atom is -0.327 e. The molecule has 0 aliphatic heterocycles. The zero-order valence-electron chi connectivity index (χ0n) is 23.2. The van der Waals surface area contributed by atoms with Crippen molar-refractivity contribution in [2.75, 3.05) is 35.5 Å². The summed E-state index contributed by atoms with van der Waals surface area (Å²) in [6.45, 7) is 0. The van der Waals surface area contributed by atoms with Crippen molar-refractivity contribution in [3.05, 3.63) is 88.5 Å². The number of rotatable bonds is 8. The first-order valence-electron chi connectivity index (χ1n) is 12.7. The van der Waals surface area contributed by atoms with E-state index in [1.54, 1.807) is 66.7 Å². The van der Waals surface area contributed by atoms with Crippen LogP contribution in [0, 0.1) is 0 Å². The molecule has 0 saturated carbocycles. The van der Waals surface area contributed by atoms with E-state index in [9.17, 15) is 13.2 Å². The van der Waals surface area contributed by atoms with Gasteiger partial charge in [-0.05, 0) is 54.1 Å². The van der Waals surface area contributed by atoms with Crippen LogP contribution in [0.4, 0.5) is 29.1 Å². The number of fused-ring (bicyclic) bond motifs is 1. The molecule has 10 nitrogen and oxygen atoms in total. The highest BCUT2D eigenvalue weighted by Gasteiger charge is 2.19. The molecule has 0 spiro atoms. The number of amides is 1. The minimum absolute atomic E-state index is 0.108. The Morgan fingerprint density at radius 2 is 1.71 bits per heavy atom. The van der Waals surface area contributed by atoms with E-state index in [1.165, 1.54) is 6.26 Å². The van der Waals surface area contributed by atoms with Crippen LogP contribution in [0.5, 0.6) is 0 Å². The Kier molecular flexibility index (Phi) is 8.09. The van der Waals surface area contributed by atoms with E-state index in [0.717, 1.165) is 16.8 Å². The molecule has 5 aromatic rings. The Bertz CT molecular complexity index is 1930. The molecule has 0 bridgehead atoms. The zero-order chi connectivity index (χ0) is 30.2. The number of para-hydroxylation sites is 1. The summed E-state index contributed by atoms with van der Waals surface area (Å²) in [6, 6.07) is 19.2. The van der Waals surface area contributed by atoms with Crippen LogP contribution >= 0.6 is 23.2 Å². The Labute approximate surface area is 253 Å². The molecule has 0 aliphatic carbocycles. The maximum atomic E-state index is 12.8. The largest absolute Gasteiger partial charge is 0.327 e. The van der Waals surface area contributed by atoms with Crippen LogP contribution in [0.2, 0.25) is 10.0 Å². The molecule has 13 heteroatoms. The quantitative estimate of drug-likeness (QED) is 0.231. The third-order valence-electron chi connectivity index (χ3n) is 6.76. The van der Waals surface area contributed by atoms with Gasteiger partial charge in [-0.15, -0.1) is 0 Å². The molecule has 2 aromatic heterocycles. The van der Waals surface area contributed by atoms with Gasteiger partial charge >= 0.3 is 0 Å². The SMILES string of the molecule is CN(c1cccc(S(C)(=O)=O)c1)c1nccc(N(C)c2cccc3c2nc(NC(=O)Cc2ccc(Cl)c(Cl)c2)n3C)n1. The molecule has 1 amide bonds. The van der Waals surface area contributed by atoms with Gasteiger partial charge < -0.3 is 14.4 Å². The number of hydrogen-bond acceptors (Lipinski definition) is 8. The van der Waals surface area contributed by atoms with Gasteiger partial charge in [0.15, 0.2) is 9.84 Å². The van der Waals surface area contributed by atoms with Gasteiger partial charge in [0.2, 0.25) is 17.8 Å². The summed E-state index contributed by atoms with van der Waals surface area (Å²) >= 11 is 12.1. The van der Waals surface area contributed by atoms with Crippen LogP contribution < -0.4 is 15.1 Å². The van der Waals surface area contributed by atoms with Crippen molar-refractivity contribution in [2.45, 2.75) is 11.3 Å². The fourth-order valence-electron chi connectivity index (χ4n) is 4.44. The highest BCUT2D eigenvalue weighted by Crippen LogP contribution is 2.32. The highest BCUT2D eigenvalue weighted by atomic mass is 35.5. The molecule has 1 N–H and O–H groups in total. The van der Waals surface area contributed by atoms with Gasteiger partial charge in [-0.25, -0.2) is 18.4 Å². The molecule has 5 rings (SSSR count). The van der Waals surface area contributed by atoms with Crippen LogP contribution in [0.3, 0.4) is 0 Å². The van der Waals surface area contributed by atoms with Crippen molar-refractivity contribution >= 4 is 79.1 Å². The lowest BCUT2D eigenvalue weighted by atomic mass is 10.1. The fraction of sp³-hybridized carbons (Fsp3) is 0.172.